The topological polar surface area (TPSA) is 51.1 Å². The molecule has 5 heteroatoms. The first-order valence-electron chi connectivity index (χ1n) is 5.56. The lowest BCUT2D eigenvalue weighted by molar-refractivity contribution is 0.443. The van der Waals surface area contributed by atoms with Gasteiger partial charge in [-0.15, -0.1) is 0 Å². The first-order chi connectivity index (χ1) is 7.50. The van der Waals surface area contributed by atoms with Crippen molar-refractivity contribution in [3.63, 3.8) is 0 Å². The van der Waals surface area contributed by atoms with Gasteiger partial charge in [0.25, 0.3) is 0 Å². The second-order valence-electron chi connectivity index (χ2n) is 4.47. The van der Waals surface area contributed by atoms with E-state index >= 15 is 0 Å². The van der Waals surface area contributed by atoms with Gasteiger partial charge < -0.3 is 9.88 Å². The Kier molecular flexibility index (Phi) is 3.08. The molecule has 1 aliphatic heterocycles. The number of piperidine rings is 1. The van der Waals surface area contributed by atoms with Crippen LogP contribution >= 0.6 is 0 Å². The summed E-state index contributed by atoms with van der Waals surface area (Å²) in [6.07, 6.45) is 3.54. The van der Waals surface area contributed by atoms with Gasteiger partial charge >= 0.3 is 0 Å². The van der Waals surface area contributed by atoms with Crippen LogP contribution in [0.1, 0.15) is 24.5 Å². The average Bonchev–Trinajstić information content (AvgIpc) is 2.61. The van der Waals surface area contributed by atoms with Crippen molar-refractivity contribution in [2.24, 2.45) is 7.05 Å². The quantitative estimate of drug-likeness (QED) is 0.838. The minimum Gasteiger partial charge on any atom is -0.339 e. The molecule has 0 spiro atoms. The van der Waals surface area contributed by atoms with Crippen LogP contribution in [0.2, 0.25) is 0 Å². The largest absolute Gasteiger partial charge is 0.339 e. The monoisotopic (exact) mass is 242 g/mol. The average molecular weight is 242 g/mol. The second kappa shape index (κ2) is 4.22. The molecule has 0 bridgehead atoms. The molecule has 1 N–H and O–H groups in total. The Labute approximate surface area is 96.6 Å². The van der Waals surface area contributed by atoms with Crippen molar-refractivity contribution in [1.82, 2.24) is 9.88 Å². The van der Waals surface area contributed by atoms with Crippen molar-refractivity contribution in [3.8, 4) is 0 Å². The molecule has 1 atom stereocenters. The number of hydrogen-bond donors (Lipinski definition) is 1. The zero-order valence-corrected chi connectivity index (χ0v) is 10.5. The first kappa shape index (κ1) is 11.7. The van der Waals surface area contributed by atoms with Gasteiger partial charge in [0.1, 0.15) is 5.03 Å². The molecule has 0 aromatic carbocycles. The van der Waals surface area contributed by atoms with Gasteiger partial charge in [-0.25, -0.2) is 8.42 Å². The van der Waals surface area contributed by atoms with E-state index < -0.39 is 9.84 Å². The molecular weight excluding hydrogens is 224 g/mol. The van der Waals surface area contributed by atoms with Crippen LogP contribution in [0.15, 0.2) is 17.2 Å². The standard InChI is InChI=1S/C11H18N2O2S/c1-13-10(9-4-3-7-12-8-9)5-6-11(13)16(2,14)15/h5-6,9,12H,3-4,7-8H2,1-2H3. The summed E-state index contributed by atoms with van der Waals surface area (Å²) >= 11 is 0. The lowest BCUT2D eigenvalue weighted by Crippen LogP contribution is -2.29. The van der Waals surface area contributed by atoms with Crippen molar-refractivity contribution in [1.29, 1.82) is 0 Å². The third kappa shape index (κ3) is 2.15. The highest BCUT2D eigenvalue weighted by Gasteiger charge is 2.21. The molecule has 1 saturated heterocycles. The van der Waals surface area contributed by atoms with Crippen LogP contribution in [-0.2, 0) is 16.9 Å². The number of aromatic nitrogens is 1. The molecule has 0 aliphatic carbocycles. The summed E-state index contributed by atoms with van der Waals surface area (Å²) in [5, 5.41) is 3.76. The fourth-order valence-electron chi connectivity index (χ4n) is 2.39. The van der Waals surface area contributed by atoms with Gasteiger partial charge in [0, 0.05) is 31.5 Å². The van der Waals surface area contributed by atoms with Gasteiger partial charge in [0.05, 0.1) is 0 Å². The van der Waals surface area contributed by atoms with Gasteiger partial charge in [-0.2, -0.15) is 0 Å². The van der Waals surface area contributed by atoms with E-state index in [-0.39, 0.29) is 0 Å². The summed E-state index contributed by atoms with van der Waals surface area (Å²) in [5.41, 5.74) is 1.12. The van der Waals surface area contributed by atoms with E-state index in [9.17, 15) is 8.42 Å². The van der Waals surface area contributed by atoms with E-state index in [4.69, 9.17) is 0 Å². The van der Waals surface area contributed by atoms with Crippen LogP contribution in [-0.4, -0.2) is 32.3 Å². The number of hydrogen-bond acceptors (Lipinski definition) is 3. The molecule has 1 fully saturated rings. The minimum atomic E-state index is -3.11. The first-order valence-corrected chi connectivity index (χ1v) is 7.45. The maximum absolute atomic E-state index is 11.5. The molecule has 0 amide bonds. The Morgan fingerprint density at radius 2 is 2.19 bits per heavy atom. The Morgan fingerprint density at radius 1 is 1.44 bits per heavy atom. The van der Waals surface area contributed by atoms with Gasteiger partial charge in [-0.1, -0.05) is 0 Å². The molecule has 1 aromatic heterocycles. The molecule has 1 aromatic rings. The zero-order chi connectivity index (χ0) is 11.8. The molecule has 16 heavy (non-hydrogen) atoms. The highest BCUT2D eigenvalue weighted by Crippen LogP contribution is 2.25. The summed E-state index contributed by atoms with van der Waals surface area (Å²) in [4.78, 5) is 0. The van der Waals surface area contributed by atoms with Crippen LogP contribution in [0.4, 0.5) is 0 Å². The fourth-order valence-corrected chi connectivity index (χ4v) is 3.31. The molecule has 2 rings (SSSR count). The van der Waals surface area contributed by atoms with Crippen LogP contribution in [0, 0.1) is 0 Å². The Hall–Kier alpha value is -0.810. The predicted octanol–water partition coefficient (Wildman–Crippen LogP) is 0.896. The smallest absolute Gasteiger partial charge is 0.190 e. The third-order valence-electron chi connectivity index (χ3n) is 3.21. The van der Waals surface area contributed by atoms with E-state index in [1.165, 1.54) is 6.26 Å². The second-order valence-corrected chi connectivity index (χ2v) is 6.43. The van der Waals surface area contributed by atoms with E-state index in [2.05, 4.69) is 5.32 Å². The highest BCUT2D eigenvalue weighted by molar-refractivity contribution is 7.90. The number of sulfone groups is 1. The lowest BCUT2D eigenvalue weighted by atomic mass is 9.96. The molecule has 2 heterocycles. The van der Waals surface area contributed by atoms with Gasteiger partial charge in [-0.05, 0) is 31.5 Å². The van der Waals surface area contributed by atoms with Gasteiger partial charge in [-0.3, -0.25) is 0 Å². The minimum absolute atomic E-state index is 0.410. The summed E-state index contributed by atoms with van der Waals surface area (Å²) in [7, 11) is -1.28. The lowest BCUT2D eigenvalue weighted by Gasteiger charge is -2.23. The zero-order valence-electron chi connectivity index (χ0n) is 9.73. The van der Waals surface area contributed by atoms with Crippen LogP contribution in [0.3, 0.4) is 0 Å². The van der Waals surface area contributed by atoms with Crippen LogP contribution in [0.25, 0.3) is 0 Å². The van der Waals surface area contributed by atoms with Gasteiger partial charge in [0.2, 0.25) is 0 Å². The van der Waals surface area contributed by atoms with Crippen molar-refractivity contribution in [2.45, 2.75) is 23.8 Å². The highest BCUT2D eigenvalue weighted by atomic mass is 32.2. The Morgan fingerprint density at radius 3 is 2.69 bits per heavy atom. The molecular formula is C11H18N2O2S. The van der Waals surface area contributed by atoms with Crippen molar-refractivity contribution in [3.05, 3.63) is 17.8 Å². The van der Waals surface area contributed by atoms with E-state index in [0.29, 0.717) is 10.9 Å². The maximum atomic E-state index is 11.5. The molecule has 4 nitrogen and oxygen atoms in total. The van der Waals surface area contributed by atoms with E-state index in [1.54, 1.807) is 6.07 Å². The molecule has 1 unspecified atom stereocenters. The molecule has 0 saturated carbocycles. The molecule has 90 valence electrons. The van der Waals surface area contributed by atoms with E-state index in [0.717, 1.165) is 31.6 Å². The Bertz CT molecular complexity index is 470. The summed E-state index contributed by atoms with van der Waals surface area (Å²) in [6.45, 7) is 2.01. The summed E-state index contributed by atoms with van der Waals surface area (Å²) in [6, 6.07) is 3.65. The number of nitrogens with one attached hydrogen (secondary N) is 1. The van der Waals surface area contributed by atoms with Crippen molar-refractivity contribution < 1.29 is 8.42 Å². The van der Waals surface area contributed by atoms with Gasteiger partial charge in [0.15, 0.2) is 9.84 Å². The number of nitrogens with zero attached hydrogens (tertiary/aromatic N) is 1. The maximum Gasteiger partial charge on any atom is 0.190 e. The normalized spacial score (nSPS) is 22.2. The molecule has 1 aliphatic rings. The summed E-state index contributed by atoms with van der Waals surface area (Å²) in [5.74, 6) is 0.439. The molecule has 0 radical (unpaired) electrons. The van der Waals surface area contributed by atoms with Crippen LogP contribution in [0.5, 0.6) is 0 Å². The van der Waals surface area contributed by atoms with Crippen LogP contribution < -0.4 is 5.32 Å². The SMILES string of the molecule is Cn1c(C2CCCNC2)ccc1S(C)(=O)=O. The number of rotatable bonds is 2. The Balaban J connectivity index is 2.33. The summed E-state index contributed by atoms with van der Waals surface area (Å²) < 4.78 is 24.8. The predicted molar refractivity (Wildman–Crippen MR) is 63.4 cm³/mol. The third-order valence-corrected chi connectivity index (χ3v) is 4.38. The fraction of sp³-hybridized carbons (Fsp3) is 0.636. The van der Waals surface area contributed by atoms with Crippen molar-refractivity contribution >= 4 is 9.84 Å². The van der Waals surface area contributed by atoms with E-state index in [1.807, 2.05) is 17.7 Å². The van der Waals surface area contributed by atoms with Crippen molar-refractivity contribution in [2.75, 3.05) is 19.3 Å².